The first kappa shape index (κ1) is 19.6. The number of rotatable bonds is 7. The molecule has 0 unspecified atom stereocenters. The van der Waals surface area contributed by atoms with Crippen molar-refractivity contribution < 1.29 is 23.1 Å². The molecule has 2 N–H and O–H groups in total. The molecule has 3 aliphatic carbocycles. The molecule has 5 nitrogen and oxygen atoms in total. The lowest BCUT2D eigenvalue weighted by Gasteiger charge is -2.69. The first-order chi connectivity index (χ1) is 13.8. The number of hydrogen-bond acceptors (Lipinski definition) is 3. The van der Waals surface area contributed by atoms with Crippen molar-refractivity contribution in [3.8, 4) is 5.75 Å². The number of ether oxygens (including phenoxy) is 1. The van der Waals surface area contributed by atoms with Crippen LogP contribution in [-0.4, -0.2) is 24.0 Å². The maximum Gasteiger partial charge on any atom is 0.258 e. The minimum Gasteiger partial charge on any atom is -0.484 e. The molecule has 0 atom stereocenters. The Hall–Kier alpha value is -2.67. The Kier molecular flexibility index (Phi) is 4.94. The molecule has 2 aromatic carbocycles. The predicted molar refractivity (Wildman–Crippen MR) is 102 cm³/mol. The van der Waals surface area contributed by atoms with E-state index in [4.69, 9.17) is 16.3 Å². The average Bonchev–Trinajstić information content (AvgIpc) is 2.63. The van der Waals surface area contributed by atoms with E-state index in [1.165, 1.54) is 24.3 Å². The summed E-state index contributed by atoms with van der Waals surface area (Å²) < 4.78 is 31.6. The summed E-state index contributed by atoms with van der Waals surface area (Å²) in [6.07, 6.45) is 1.74. The van der Waals surface area contributed by atoms with Crippen LogP contribution in [0, 0.1) is 17.0 Å². The Labute approximate surface area is 171 Å². The molecule has 0 spiro atoms. The zero-order valence-corrected chi connectivity index (χ0v) is 16.2. The Balaban J connectivity index is 1.21. The summed E-state index contributed by atoms with van der Waals surface area (Å²) in [6, 6.07) is 9.94. The van der Waals surface area contributed by atoms with Gasteiger partial charge in [-0.2, -0.15) is 0 Å². The van der Waals surface area contributed by atoms with Gasteiger partial charge in [0.1, 0.15) is 17.4 Å². The molecule has 3 fully saturated rings. The fraction of sp³-hybridized carbons (Fsp3) is 0.333. The highest BCUT2D eigenvalue weighted by atomic mass is 35.5. The molecule has 0 aromatic heterocycles. The van der Waals surface area contributed by atoms with Crippen molar-refractivity contribution in [2.24, 2.45) is 5.41 Å². The second-order valence-corrected chi connectivity index (χ2v) is 8.22. The van der Waals surface area contributed by atoms with E-state index in [0.29, 0.717) is 25.8 Å². The molecule has 8 heteroatoms. The summed E-state index contributed by atoms with van der Waals surface area (Å²) in [5.41, 5.74) is 0.0250. The van der Waals surface area contributed by atoms with E-state index in [0.717, 1.165) is 11.6 Å². The number of hydrogen-bond donors (Lipinski definition) is 2. The topological polar surface area (TPSA) is 67.4 Å². The van der Waals surface area contributed by atoms with Crippen molar-refractivity contribution in [2.75, 3.05) is 6.61 Å². The molecule has 2 bridgehead atoms. The van der Waals surface area contributed by atoms with E-state index < -0.39 is 11.2 Å². The van der Waals surface area contributed by atoms with Crippen LogP contribution in [0.15, 0.2) is 42.5 Å². The lowest BCUT2D eigenvalue weighted by molar-refractivity contribution is -0.184. The van der Waals surface area contributed by atoms with E-state index in [2.05, 4.69) is 10.6 Å². The smallest absolute Gasteiger partial charge is 0.258 e. The zero-order chi connectivity index (χ0) is 20.6. The van der Waals surface area contributed by atoms with Gasteiger partial charge in [-0.3, -0.25) is 9.59 Å². The Morgan fingerprint density at radius 2 is 1.76 bits per heavy atom. The summed E-state index contributed by atoms with van der Waals surface area (Å²) >= 11 is 5.61. The zero-order valence-electron chi connectivity index (χ0n) is 15.4. The molecule has 0 heterocycles. The van der Waals surface area contributed by atoms with E-state index in [9.17, 15) is 18.4 Å². The highest BCUT2D eigenvalue weighted by molar-refractivity contribution is 6.30. The number of carbonyl (C=O) groups is 2. The van der Waals surface area contributed by atoms with E-state index >= 15 is 0 Å². The third-order valence-corrected chi connectivity index (χ3v) is 5.85. The number of nitrogens with one attached hydrogen (secondary N) is 2. The minimum absolute atomic E-state index is 0.0151. The molecular weight excluding hydrogens is 402 g/mol. The van der Waals surface area contributed by atoms with Crippen molar-refractivity contribution >= 4 is 23.4 Å². The molecule has 2 aromatic rings. The summed E-state index contributed by atoms with van der Waals surface area (Å²) in [4.78, 5) is 24.6. The third-order valence-electron chi connectivity index (χ3n) is 5.54. The maximum atomic E-state index is 13.4. The van der Waals surface area contributed by atoms with Gasteiger partial charge in [0, 0.05) is 18.2 Å². The van der Waals surface area contributed by atoms with Crippen LogP contribution in [0.1, 0.15) is 24.8 Å². The van der Waals surface area contributed by atoms with Crippen molar-refractivity contribution in [2.45, 2.75) is 31.3 Å². The van der Waals surface area contributed by atoms with Crippen LogP contribution in [0.2, 0.25) is 5.02 Å². The Morgan fingerprint density at radius 3 is 2.41 bits per heavy atom. The van der Waals surface area contributed by atoms with E-state index in [-0.39, 0.29) is 40.5 Å². The number of carbonyl (C=O) groups excluding carboxylic acids is 2. The predicted octanol–water partition coefficient (Wildman–Crippen LogP) is 3.35. The highest BCUT2D eigenvalue weighted by Crippen LogP contribution is 2.67. The molecule has 2 amide bonds. The van der Waals surface area contributed by atoms with Crippen LogP contribution in [0.3, 0.4) is 0 Å². The van der Waals surface area contributed by atoms with Gasteiger partial charge in [0.15, 0.2) is 6.61 Å². The van der Waals surface area contributed by atoms with Crippen molar-refractivity contribution in [3.05, 3.63) is 64.7 Å². The molecule has 0 radical (unpaired) electrons. The minimum atomic E-state index is -0.613. The summed E-state index contributed by atoms with van der Waals surface area (Å²) in [6.45, 7) is 0.0955. The first-order valence-electron chi connectivity index (χ1n) is 9.21. The van der Waals surface area contributed by atoms with Crippen LogP contribution in [0.25, 0.3) is 0 Å². The average molecular weight is 421 g/mol. The van der Waals surface area contributed by atoms with Crippen LogP contribution in [0.4, 0.5) is 8.78 Å². The van der Waals surface area contributed by atoms with E-state index in [1.807, 2.05) is 0 Å². The van der Waals surface area contributed by atoms with Gasteiger partial charge >= 0.3 is 0 Å². The van der Waals surface area contributed by atoms with Gasteiger partial charge in [0.05, 0.1) is 10.4 Å². The lowest BCUT2D eigenvalue weighted by atomic mass is 9.39. The number of amides is 2. The van der Waals surface area contributed by atoms with Gasteiger partial charge in [-0.05, 0) is 49.1 Å². The van der Waals surface area contributed by atoms with Gasteiger partial charge in [-0.25, -0.2) is 8.78 Å². The number of halogens is 3. The number of benzene rings is 2. The lowest BCUT2D eigenvalue weighted by Crippen LogP contribution is -2.78. The molecule has 29 heavy (non-hydrogen) atoms. The second-order valence-electron chi connectivity index (χ2n) is 7.81. The van der Waals surface area contributed by atoms with Crippen LogP contribution in [0.5, 0.6) is 5.75 Å². The summed E-state index contributed by atoms with van der Waals surface area (Å²) in [5.74, 6) is -1.08. The van der Waals surface area contributed by atoms with Gasteiger partial charge in [0.25, 0.3) is 5.91 Å². The highest BCUT2D eigenvalue weighted by Gasteiger charge is 2.72. The van der Waals surface area contributed by atoms with Gasteiger partial charge in [-0.1, -0.05) is 23.7 Å². The van der Waals surface area contributed by atoms with Crippen LogP contribution >= 0.6 is 11.6 Å². The Bertz CT molecular complexity index is 945. The SMILES string of the molecule is O=C(COc1ccc(Cl)c(F)c1)NC12CC(C(=O)NCc3ccc(F)cc3)(C1)C2. The largest absolute Gasteiger partial charge is 0.484 e. The van der Waals surface area contributed by atoms with Crippen molar-refractivity contribution in [1.29, 1.82) is 0 Å². The molecule has 3 aliphatic rings. The molecular formula is C21H19ClF2N2O3. The summed E-state index contributed by atoms with van der Waals surface area (Å²) in [7, 11) is 0. The standard InChI is InChI=1S/C21H19ClF2N2O3/c22-16-6-5-15(7-17(16)24)29-9-18(27)26-21-10-20(11-21,12-21)19(28)25-8-13-1-3-14(23)4-2-13/h1-7H,8-12H2,(H,25,28)(H,26,27). The van der Waals surface area contributed by atoms with Crippen LogP contribution < -0.4 is 15.4 Å². The quantitative estimate of drug-likeness (QED) is 0.721. The molecule has 152 valence electrons. The van der Waals surface area contributed by atoms with Gasteiger partial charge in [-0.15, -0.1) is 0 Å². The first-order valence-corrected chi connectivity index (χ1v) is 9.59. The molecule has 0 saturated heterocycles. The van der Waals surface area contributed by atoms with Gasteiger partial charge < -0.3 is 15.4 Å². The normalized spacial score (nSPS) is 24.1. The third kappa shape index (κ3) is 3.92. The van der Waals surface area contributed by atoms with Crippen molar-refractivity contribution in [3.63, 3.8) is 0 Å². The molecule has 3 saturated carbocycles. The summed E-state index contributed by atoms with van der Waals surface area (Å²) in [5, 5.41) is 5.77. The molecule has 0 aliphatic heterocycles. The van der Waals surface area contributed by atoms with E-state index in [1.54, 1.807) is 12.1 Å². The second kappa shape index (κ2) is 7.30. The van der Waals surface area contributed by atoms with Crippen molar-refractivity contribution in [1.82, 2.24) is 10.6 Å². The fourth-order valence-corrected chi connectivity index (χ4v) is 4.30. The van der Waals surface area contributed by atoms with Gasteiger partial charge in [0.2, 0.25) is 5.91 Å². The Morgan fingerprint density at radius 1 is 1.07 bits per heavy atom. The fourth-order valence-electron chi connectivity index (χ4n) is 4.18. The van der Waals surface area contributed by atoms with Crippen LogP contribution in [-0.2, 0) is 16.1 Å². The molecule has 5 rings (SSSR count). The monoisotopic (exact) mass is 420 g/mol. The maximum absolute atomic E-state index is 13.4.